The molecule has 9 nitrogen and oxygen atoms in total. The van der Waals surface area contributed by atoms with Crippen molar-refractivity contribution >= 4 is 17.5 Å². The Morgan fingerprint density at radius 3 is 2.46 bits per heavy atom. The highest BCUT2D eigenvalue weighted by molar-refractivity contribution is 5.87. The number of hydrogen-bond acceptors (Lipinski definition) is 6. The number of aryl methyl sites for hydroxylation is 1. The van der Waals surface area contributed by atoms with Crippen molar-refractivity contribution in [3.63, 3.8) is 0 Å². The molecule has 0 unspecified atom stereocenters. The number of H-pyrrole nitrogens is 1. The molecule has 196 valence electrons. The Morgan fingerprint density at radius 2 is 1.81 bits per heavy atom. The Labute approximate surface area is 218 Å². The molecule has 3 aromatic rings. The van der Waals surface area contributed by atoms with E-state index in [9.17, 15) is 9.59 Å². The molecule has 9 heteroatoms. The van der Waals surface area contributed by atoms with Crippen LogP contribution in [0, 0.1) is 6.92 Å². The van der Waals surface area contributed by atoms with Gasteiger partial charge in [0.05, 0.1) is 12.7 Å². The third kappa shape index (κ3) is 6.75. The van der Waals surface area contributed by atoms with E-state index in [-0.39, 0.29) is 24.9 Å². The van der Waals surface area contributed by atoms with E-state index >= 15 is 0 Å². The van der Waals surface area contributed by atoms with Gasteiger partial charge in [-0.05, 0) is 35.2 Å². The van der Waals surface area contributed by atoms with Crippen LogP contribution in [0.25, 0.3) is 11.1 Å². The minimum absolute atomic E-state index is 0.0255. The zero-order valence-electron chi connectivity index (χ0n) is 22.1. The van der Waals surface area contributed by atoms with Crippen LogP contribution in [0.4, 0.5) is 5.69 Å². The molecule has 0 radical (unpaired) electrons. The molecule has 0 fully saturated rings. The number of aromatic nitrogens is 2. The zero-order chi connectivity index (χ0) is 26.4. The lowest BCUT2D eigenvalue weighted by atomic mass is 10.1. The van der Waals surface area contributed by atoms with Crippen LogP contribution in [0.2, 0.25) is 0 Å². The van der Waals surface area contributed by atoms with Crippen molar-refractivity contribution in [2.24, 2.45) is 0 Å². The second-order valence-corrected chi connectivity index (χ2v) is 9.80. The number of benzene rings is 2. The van der Waals surface area contributed by atoms with Crippen LogP contribution in [0.1, 0.15) is 30.5 Å². The number of rotatable bonds is 11. The molecule has 2 heterocycles. The molecule has 0 saturated carbocycles. The van der Waals surface area contributed by atoms with E-state index in [0.717, 1.165) is 22.4 Å². The van der Waals surface area contributed by atoms with Crippen LogP contribution in [0.3, 0.4) is 0 Å². The fourth-order valence-electron chi connectivity index (χ4n) is 4.41. The maximum Gasteiger partial charge on any atom is 0.256 e. The van der Waals surface area contributed by atoms with E-state index in [0.29, 0.717) is 32.2 Å². The number of anilines is 1. The number of aromatic amines is 1. The molecule has 37 heavy (non-hydrogen) atoms. The highest BCUT2D eigenvalue weighted by Crippen LogP contribution is 2.25. The molecule has 4 rings (SSSR count). The van der Waals surface area contributed by atoms with Crippen molar-refractivity contribution in [1.82, 2.24) is 30.4 Å². The van der Waals surface area contributed by atoms with E-state index in [1.807, 2.05) is 48.5 Å². The van der Waals surface area contributed by atoms with Gasteiger partial charge in [0, 0.05) is 56.7 Å². The lowest BCUT2D eigenvalue weighted by molar-refractivity contribution is -0.151. The summed E-state index contributed by atoms with van der Waals surface area (Å²) in [7, 11) is 1.78. The minimum Gasteiger partial charge on any atom is -0.376 e. The molecular formula is C28H37N7O2. The van der Waals surface area contributed by atoms with Crippen molar-refractivity contribution in [2.75, 3.05) is 38.5 Å². The maximum atomic E-state index is 13.3. The third-order valence-corrected chi connectivity index (χ3v) is 6.72. The molecule has 3 N–H and O–H groups in total. The summed E-state index contributed by atoms with van der Waals surface area (Å²) in [6.45, 7) is 8.70. The Morgan fingerprint density at radius 1 is 1.08 bits per heavy atom. The highest BCUT2D eigenvalue weighted by Gasteiger charge is 2.27. The SMILES string of the molecule is Cc1ccc(-c2cn[nH]c2)cc1NCC(=O)N(CCNC(C)C)CC(=O)N(C)N1Cc2ccccc2C1. The first-order valence-corrected chi connectivity index (χ1v) is 12.7. The van der Waals surface area contributed by atoms with Gasteiger partial charge in [0.1, 0.15) is 6.54 Å². The predicted octanol–water partition coefficient (Wildman–Crippen LogP) is 3.01. The molecule has 2 aromatic carbocycles. The molecule has 0 spiro atoms. The Bertz CT molecular complexity index is 1180. The summed E-state index contributed by atoms with van der Waals surface area (Å²) < 4.78 is 0. The van der Waals surface area contributed by atoms with E-state index in [2.05, 4.69) is 46.8 Å². The van der Waals surface area contributed by atoms with Crippen LogP contribution in [-0.2, 0) is 22.7 Å². The van der Waals surface area contributed by atoms with Gasteiger partial charge in [-0.3, -0.25) is 19.7 Å². The van der Waals surface area contributed by atoms with Gasteiger partial charge in [0.15, 0.2) is 0 Å². The molecule has 0 atom stereocenters. The summed E-state index contributed by atoms with van der Waals surface area (Å²) in [6.07, 6.45) is 3.61. The Hall–Kier alpha value is -3.69. The number of fused-ring (bicyclic) bond motifs is 1. The van der Waals surface area contributed by atoms with Gasteiger partial charge < -0.3 is 15.5 Å². The monoisotopic (exact) mass is 503 g/mol. The van der Waals surface area contributed by atoms with Crippen molar-refractivity contribution in [3.8, 4) is 11.1 Å². The molecule has 1 aromatic heterocycles. The minimum atomic E-state index is -0.120. The molecule has 0 bridgehead atoms. The normalized spacial score (nSPS) is 13.0. The first-order chi connectivity index (χ1) is 17.8. The standard InChI is InChI=1S/C28H37N7O2/c1-20(2)29-11-12-34(19-28(37)33(4)35-17-23-7-5-6-8-24(23)18-35)27(36)16-30-26-13-22(10-9-21(26)3)25-14-31-32-15-25/h5-10,13-15,20,29-30H,11-12,16-19H2,1-4H3,(H,31,32). The molecule has 0 saturated heterocycles. The predicted molar refractivity (Wildman–Crippen MR) is 145 cm³/mol. The molecule has 1 aliphatic heterocycles. The highest BCUT2D eigenvalue weighted by atomic mass is 16.2. The fraction of sp³-hybridized carbons (Fsp3) is 0.393. The van der Waals surface area contributed by atoms with Crippen molar-refractivity contribution in [2.45, 2.75) is 39.9 Å². The summed E-state index contributed by atoms with van der Waals surface area (Å²) in [6, 6.07) is 14.6. The number of carbonyl (C=O) groups is 2. The number of carbonyl (C=O) groups excluding carboxylic acids is 2. The van der Waals surface area contributed by atoms with Crippen LogP contribution >= 0.6 is 0 Å². The largest absolute Gasteiger partial charge is 0.376 e. The molecule has 0 aliphatic carbocycles. The van der Waals surface area contributed by atoms with Crippen LogP contribution in [0.5, 0.6) is 0 Å². The van der Waals surface area contributed by atoms with Gasteiger partial charge in [0.2, 0.25) is 5.91 Å². The number of hydrazine groups is 1. The first kappa shape index (κ1) is 26.4. The van der Waals surface area contributed by atoms with Crippen LogP contribution < -0.4 is 10.6 Å². The summed E-state index contributed by atoms with van der Waals surface area (Å²) in [5, 5.41) is 17.2. The maximum absolute atomic E-state index is 13.3. The second kappa shape index (κ2) is 12.0. The first-order valence-electron chi connectivity index (χ1n) is 12.7. The molecular weight excluding hydrogens is 466 g/mol. The zero-order valence-corrected chi connectivity index (χ0v) is 22.1. The number of likely N-dealkylation sites (N-methyl/N-ethyl adjacent to an activating group) is 1. The quantitative estimate of drug-likeness (QED) is 0.372. The topological polar surface area (TPSA) is 96.6 Å². The van der Waals surface area contributed by atoms with Gasteiger partial charge in [-0.2, -0.15) is 5.10 Å². The van der Waals surface area contributed by atoms with Crippen LogP contribution in [0.15, 0.2) is 54.9 Å². The lowest BCUT2D eigenvalue weighted by Gasteiger charge is -2.31. The smallest absolute Gasteiger partial charge is 0.256 e. The van der Waals surface area contributed by atoms with Crippen LogP contribution in [-0.4, -0.2) is 76.2 Å². The number of nitrogens with one attached hydrogen (secondary N) is 3. The number of amides is 2. The van der Waals surface area contributed by atoms with Gasteiger partial charge in [0.25, 0.3) is 5.91 Å². The van der Waals surface area contributed by atoms with E-state index in [1.54, 1.807) is 23.2 Å². The summed E-state index contributed by atoms with van der Waals surface area (Å²) >= 11 is 0. The van der Waals surface area contributed by atoms with Gasteiger partial charge in [-0.25, -0.2) is 5.01 Å². The number of nitrogens with zero attached hydrogens (tertiary/aromatic N) is 4. The van der Waals surface area contributed by atoms with E-state index in [1.165, 1.54) is 11.1 Å². The average molecular weight is 504 g/mol. The van der Waals surface area contributed by atoms with Gasteiger partial charge >= 0.3 is 0 Å². The molecule has 2 amide bonds. The number of hydrogen-bond donors (Lipinski definition) is 3. The summed E-state index contributed by atoms with van der Waals surface area (Å²) in [5.41, 5.74) is 6.37. The third-order valence-electron chi connectivity index (χ3n) is 6.72. The second-order valence-electron chi connectivity index (χ2n) is 9.80. The fourth-order valence-corrected chi connectivity index (χ4v) is 4.41. The van der Waals surface area contributed by atoms with E-state index < -0.39 is 0 Å². The van der Waals surface area contributed by atoms with Gasteiger partial charge in [-0.1, -0.05) is 50.2 Å². The van der Waals surface area contributed by atoms with Crippen molar-refractivity contribution in [1.29, 1.82) is 0 Å². The van der Waals surface area contributed by atoms with Crippen molar-refractivity contribution < 1.29 is 9.59 Å². The lowest BCUT2D eigenvalue weighted by Crippen LogP contribution is -2.49. The summed E-state index contributed by atoms with van der Waals surface area (Å²) in [5.74, 6) is -0.228. The Balaban J connectivity index is 1.39. The summed E-state index contributed by atoms with van der Waals surface area (Å²) in [4.78, 5) is 28.2. The van der Waals surface area contributed by atoms with Gasteiger partial charge in [-0.15, -0.1) is 0 Å². The average Bonchev–Trinajstić information content (AvgIpc) is 3.57. The molecule has 1 aliphatic rings. The Kier molecular flexibility index (Phi) is 8.58. The van der Waals surface area contributed by atoms with E-state index in [4.69, 9.17) is 0 Å². The van der Waals surface area contributed by atoms with Crippen molar-refractivity contribution in [3.05, 3.63) is 71.5 Å².